The van der Waals surface area contributed by atoms with Gasteiger partial charge in [0.25, 0.3) is 0 Å². The Morgan fingerprint density at radius 2 is 0.986 bits per heavy atom. The molecule has 0 saturated heterocycles. The summed E-state index contributed by atoms with van der Waals surface area (Å²) in [7, 11) is 0. The number of aromatic nitrogens is 2. The molecule has 0 atom stereocenters. The second-order valence-corrected chi connectivity index (χ2v) is 26.3. The number of anilines is 2. The zero-order valence-corrected chi connectivity index (χ0v) is 45.4. The molecule has 362 valence electrons. The molecule has 3 nitrogen and oxygen atoms in total. The molecule has 1 aliphatic carbocycles. The van der Waals surface area contributed by atoms with Crippen molar-refractivity contribution in [3.05, 3.63) is 197 Å². The van der Waals surface area contributed by atoms with Gasteiger partial charge in [0.1, 0.15) is 0 Å². The van der Waals surface area contributed by atoms with Gasteiger partial charge in [-0.1, -0.05) is 188 Å². The monoisotopic (exact) mass is 950 g/mol. The third-order valence-corrected chi connectivity index (χ3v) is 17.1. The zero-order chi connectivity index (χ0) is 51.1. The minimum atomic E-state index is -0.329. The summed E-state index contributed by atoms with van der Waals surface area (Å²) in [5.41, 5.74) is 25.7. The van der Waals surface area contributed by atoms with Gasteiger partial charge < -0.3 is 13.9 Å². The molecule has 0 radical (unpaired) electrons. The van der Waals surface area contributed by atoms with Crippen LogP contribution >= 0.6 is 0 Å². The van der Waals surface area contributed by atoms with Gasteiger partial charge in [-0.2, -0.15) is 0 Å². The van der Waals surface area contributed by atoms with Crippen molar-refractivity contribution in [1.82, 2.24) is 9.05 Å². The van der Waals surface area contributed by atoms with Gasteiger partial charge in [0.2, 0.25) is 0 Å². The van der Waals surface area contributed by atoms with Crippen LogP contribution in [0.1, 0.15) is 130 Å². The summed E-state index contributed by atoms with van der Waals surface area (Å²) < 4.78 is 5.30. The van der Waals surface area contributed by atoms with Crippen LogP contribution in [0.2, 0.25) is 0 Å². The van der Waals surface area contributed by atoms with Gasteiger partial charge in [-0.25, -0.2) is 0 Å². The van der Waals surface area contributed by atoms with Gasteiger partial charge in [0.05, 0.1) is 11.0 Å². The Labute approximate surface area is 433 Å². The maximum Gasteiger partial charge on any atom is 0.329 e. The molecule has 0 bridgehead atoms. The van der Waals surface area contributed by atoms with Crippen LogP contribution in [0.4, 0.5) is 11.4 Å². The summed E-state index contributed by atoms with van der Waals surface area (Å²) in [4.78, 5) is 2.69. The van der Waals surface area contributed by atoms with E-state index in [9.17, 15) is 0 Å². The molecule has 0 unspecified atom stereocenters. The fourth-order valence-electron chi connectivity index (χ4n) is 13.1. The molecule has 0 amide bonds. The van der Waals surface area contributed by atoms with Crippen molar-refractivity contribution in [2.75, 3.05) is 4.90 Å². The van der Waals surface area contributed by atoms with Gasteiger partial charge in [0.15, 0.2) is 0 Å². The minimum Gasteiger partial charge on any atom is -0.376 e. The van der Waals surface area contributed by atoms with E-state index < -0.39 is 0 Å². The third kappa shape index (κ3) is 6.57. The molecule has 0 N–H and O–H groups in total. The molecule has 0 fully saturated rings. The first-order valence-electron chi connectivity index (χ1n) is 26.7. The van der Waals surface area contributed by atoms with Crippen LogP contribution in [0.25, 0.3) is 77.2 Å². The largest absolute Gasteiger partial charge is 0.376 e. The van der Waals surface area contributed by atoms with E-state index >= 15 is 0 Å². The predicted molar refractivity (Wildman–Crippen MR) is 315 cm³/mol. The van der Waals surface area contributed by atoms with Crippen molar-refractivity contribution in [2.45, 2.75) is 124 Å². The number of hydrogen-bond acceptors (Lipinski definition) is 1. The lowest BCUT2D eigenvalue weighted by Gasteiger charge is -2.44. The predicted octanol–water partition coefficient (Wildman–Crippen LogP) is 17.9. The number of para-hydroxylation sites is 2. The maximum atomic E-state index is 2.82. The molecular formula is C69H68BN3. The van der Waals surface area contributed by atoms with E-state index in [2.05, 4.69) is 269 Å². The van der Waals surface area contributed by atoms with Crippen LogP contribution in [-0.2, 0) is 27.1 Å². The number of hydrogen-bond donors (Lipinski definition) is 0. The first-order chi connectivity index (χ1) is 34.5. The Morgan fingerprint density at radius 1 is 0.425 bits per heavy atom. The van der Waals surface area contributed by atoms with E-state index in [1.165, 1.54) is 133 Å². The van der Waals surface area contributed by atoms with E-state index in [1.807, 2.05) is 0 Å². The van der Waals surface area contributed by atoms with Crippen molar-refractivity contribution >= 4 is 73.0 Å². The SMILES string of the molecule is CC(C)(C)c1ccc(-c2ccc3c(c2)C2=C(B4c5c(cc(C(C)(C)C)cc5N2c2ccc(C(C)(C)C)cc2)-c2cc(C(C)(C)C)cc5c6c7c8ccccc8n(-c8ccccc8)c7ccc6n4c25)C3(C)C)cc1. The van der Waals surface area contributed by atoms with Crippen molar-refractivity contribution in [2.24, 2.45) is 0 Å². The highest BCUT2D eigenvalue weighted by Gasteiger charge is 2.53. The standard InChI is InChI=1S/C69H68BN3/c1-65(2,3)43-27-24-41(25-28-43)42-26-33-54-52(36-42)63-64(69(54,13)14)70-61-50(37-46(68(10,11)12)40-58(61)72(63)48-31-29-44(30-32-48)66(4,5)6)51-38-45(67(7,8)9)39-53-60-57(73(70)62(51)53)35-34-56-59(60)49-22-18-19-23-55(49)71(56)47-20-16-15-17-21-47/h15-40H,1-14H3. The molecule has 0 spiro atoms. The Morgan fingerprint density at radius 3 is 1.64 bits per heavy atom. The van der Waals surface area contributed by atoms with E-state index in [4.69, 9.17) is 0 Å². The van der Waals surface area contributed by atoms with Crippen LogP contribution in [0.3, 0.4) is 0 Å². The lowest BCUT2D eigenvalue weighted by Crippen LogP contribution is -2.52. The summed E-state index contributed by atoms with van der Waals surface area (Å²) in [5, 5.41) is 5.28. The molecule has 2 aliphatic heterocycles. The molecule has 4 heteroatoms. The number of benzene rings is 8. The molecule has 4 heterocycles. The lowest BCUT2D eigenvalue weighted by molar-refractivity contribution is 0.589. The van der Waals surface area contributed by atoms with Gasteiger partial charge >= 0.3 is 6.85 Å². The van der Waals surface area contributed by atoms with Crippen molar-refractivity contribution in [3.8, 4) is 27.9 Å². The summed E-state index contributed by atoms with van der Waals surface area (Å²) >= 11 is 0. The summed E-state index contributed by atoms with van der Waals surface area (Å²) in [5.74, 6) is 0. The minimum absolute atomic E-state index is 0.0226. The fraction of sp³-hybridized carbons (Fsp3) is 0.275. The van der Waals surface area contributed by atoms with Crippen LogP contribution < -0.4 is 10.4 Å². The highest BCUT2D eigenvalue weighted by molar-refractivity contribution is 6.85. The Balaban J connectivity index is 1.20. The first-order valence-corrected chi connectivity index (χ1v) is 26.7. The van der Waals surface area contributed by atoms with Crippen LogP contribution in [0, 0.1) is 0 Å². The highest BCUT2D eigenvalue weighted by atomic mass is 15.2. The van der Waals surface area contributed by atoms with Crippen molar-refractivity contribution in [3.63, 3.8) is 0 Å². The molecule has 0 saturated carbocycles. The maximum absolute atomic E-state index is 2.82. The smallest absolute Gasteiger partial charge is 0.329 e. The van der Waals surface area contributed by atoms with Crippen molar-refractivity contribution in [1.29, 1.82) is 0 Å². The number of rotatable bonds is 3. The van der Waals surface area contributed by atoms with Gasteiger partial charge in [0, 0.05) is 71.9 Å². The Hall–Kier alpha value is -7.04. The number of allylic oxidation sites excluding steroid dienone is 1. The van der Waals surface area contributed by atoms with Crippen LogP contribution in [0.5, 0.6) is 0 Å². The average molecular weight is 950 g/mol. The number of fused-ring (bicyclic) bond motifs is 12. The fourth-order valence-corrected chi connectivity index (χ4v) is 13.1. The topological polar surface area (TPSA) is 13.1 Å². The summed E-state index contributed by atoms with van der Waals surface area (Å²) in [6.45, 7) is 33.1. The second-order valence-electron chi connectivity index (χ2n) is 26.3. The van der Waals surface area contributed by atoms with E-state index in [0.717, 1.165) is 0 Å². The molecule has 13 rings (SSSR count). The third-order valence-electron chi connectivity index (χ3n) is 17.1. The van der Waals surface area contributed by atoms with E-state index in [1.54, 1.807) is 0 Å². The number of nitrogens with zero attached hydrogens (tertiary/aromatic N) is 3. The van der Waals surface area contributed by atoms with E-state index in [-0.39, 0.29) is 33.9 Å². The second kappa shape index (κ2) is 15.0. The summed E-state index contributed by atoms with van der Waals surface area (Å²) in [6.07, 6.45) is 0. The molecule has 2 aromatic heterocycles. The molecule has 10 aromatic rings. The average Bonchev–Trinajstić information content (AvgIpc) is 3.98. The van der Waals surface area contributed by atoms with Crippen molar-refractivity contribution < 1.29 is 0 Å². The first kappa shape index (κ1) is 45.8. The van der Waals surface area contributed by atoms with Gasteiger partial charge in [-0.15, -0.1) is 0 Å². The van der Waals surface area contributed by atoms with Crippen LogP contribution in [-0.4, -0.2) is 15.9 Å². The van der Waals surface area contributed by atoms with Crippen LogP contribution in [0.15, 0.2) is 163 Å². The molecule has 73 heavy (non-hydrogen) atoms. The van der Waals surface area contributed by atoms with E-state index in [0.29, 0.717) is 0 Å². The molecule has 8 aromatic carbocycles. The molecular weight excluding hydrogens is 882 g/mol. The molecule has 3 aliphatic rings. The zero-order valence-electron chi connectivity index (χ0n) is 45.4. The Bertz CT molecular complexity index is 4000. The quantitative estimate of drug-likeness (QED) is 0.161. The normalized spacial score (nSPS) is 15.3. The summed E-state index contributed by atoms with van der Waals surface area (Å²) in [6, 6.07) is 61.5. The van der Waals surface area contributed by atoms with Gasteiger partial charge in [-0.3, -0.25) is 0 Å². The highest BCUT2D eigenvalue weighted by Crippen LogP contribution is 2.58. The van der Waals surface area contributed by atoms with Gasteiger partial charge in [-0.05, 0) is 144 Å². The Kier molecular flexibility index (Phi) is 9.43. The lowest BCUT2D eigenvalue weighted by atomic mass is 9.40.